The molecule has 3 aromatic heterocycles. The van der Waals surface area contributed by atoms with Crippen molar-refractivity contribution >= 4 is 27.4 Å². The summed E-state index contributed by atoms with van der Waals surface area (Å²) in [6.45, 7) is 4.55. The van der Waals surface area contributed by atoms with Crippen LogP contribution in [0.4, 0.5) is 5.82 Å². The van der Waals surface area contributed by atoms with E-state index in [9.17, 15) is 4.79 Å². The molecule has 0 fully saturated rings. The number of rotatable bonds is 5. The molecule has 0 aliphatic carbocycles. The molecule has 0 radical (unpaired) electrons. The van der Waals surface area contributed by atoms with Crippen LogP contribution in [0.5, 0.6) is 5.88 Å². The average molecular weight is 331 g/mol. The zero-order valence-electron chi connectivity index (χ0n) is 13.1. The van der Waals surface area contributed by atoms with Crippen LogP contribution < -0.4 is 15.6 Å². The molecule has 120 valence electrons. The molecule has 0 aliphatic heterocycles. The Kier molecular flexibility index (Phi) is 4.24. The van der Waals surface area contributed by atoms with E-state index in [0.717, 1.165) is 15.3 Å². The largest absolute Gasteiger partial charge is 0.481 e. The molecule has 0 saturated heterocycles. The normalized spacial score (nSPS) is 10.9. The summed E-state index contributed by atoms with van der Waals surface area (Å²) in [6, 6.07) is 1.71. The van der Waals surface area contributed by atoms with E-state index in [0.29, 0.717) is 35.9 Å². The zero-order valence-corrected chi connectivity index (χ0v) is 14.0. The van der Waals surface area contributed by atoms with Gasteiger partial charge in [-0.2, -0.15) is 0 Å². The van der Waals surface area contributed by atoms with Crippen molar-refractivity contribution in [3.8, 4) is 5.88 Å². The Labute approximate surface area is 136 Å². The monoisotopic (exact) mass is 331 g/mol. The van der Waals surface area contributed by atoms with Gasteiger partial charge < -0.3 is 15.0 Å². The fourth-order valence-corrected chi connectivity index (χ4v) is 3.32. The van der Waals surface area contributed by atoms with E-state index < -0.39 is 0 Å². The van der Waals surface area contributed by atoms with Gasteiger partial charge in [0.1, 0.15) is 22.8 Å². The van der Waals surface area contributed by atoms with Gasteiger partial charge in [0, 0.05) is 23.9 Å². The van der Waals surface area contributed by atoms with Gasteiger partial charge in [0.25, 0.3) is 5.56 Å². The Bertz CT molecular complexity index is 903. The molecule has 0 bridgehead atoms. The fourth-order valence-electron chi connectivity index (χ4n) is 2.27. The summed E-state index contributed by atoms with van der Waals surface area (Å²) in [5, 5.41) is 3.86. The van der Waals surface area contributed by atoms with Crippen molar-refractivity contribution in [2.75, 3.05) is 19.0 Å². The maximum absolute atomic E-state index is 12.2. The molecule has 0 aromatic carbocycles. The van der Waals surface area contributed by atoms with Crippen LogP contribution in [0, 0.1) is 13.8 Å². The number of nitrogens with zero attached hydrogens (tertiary/aromatic N) is 3. The van der Waals surface area contributed by atoms with Crippen LogP contribution >= 0.6 is 11.3 Å². The minimum atomic E-state index is -0.0736. The van der Waals surface area contributed by atoms with Gasteiger partial charge in [-0.15, -0.1) is 11.3 Å². The highest BCUT2D eigenvalue weighted by Gasteiger charge is 2.11. The first kappa shape index (κ1) is 15.4. The number of ether oxygens (including phenoxy) is 1. The molecule has 23 heavy (non-hydrogen) atoms. The fraction of sp³-hybridized carbons (Fsp3) is 0.333. The van der Waals surface area contributed by atoms with E-state index in [2.05, 4.69) is 25.3 Å². The lowest BCUT2D eigenvalue weighted by Crippen LogP contribution is -2.15. The van der Waals surface area contributed by atoms with E-state index in [1.54, 1.807) is 24.5 Å². The number of H-pyrrole nitrogens is 1. The van der Waals surface area contributed by atoms with Crippen molar-refractivity contribution in [1.82, 2.24) is 19.9 Å². The quantitative estimate of drug-likeness (QED) is 0.743. The molecule has 0 aliphatic rings. The first-order valence-electron chi connectivity index (χ1n) is 7.17. The Balaban J connectivity index is 1.73. The lowest BCUT2D eigenvalue weighted by atomic mass is 10.2. The Morgan fingerprint density at radius 1 is 1.35 bits per heavy atom. The molecular formula is C15H17N5O2S. The van der Waals surface area contributed by atoms with Crippen LogP contribution in [-0.2, 0) is 6.42 Å². The van der Waals surface area contributed by atoms with Gasteiger partial charge in [-0.3, -0.25) is 4.79 Å². The standard InChI is InChI=1S/C15H17N5O2S/c1-8-9(2)23-15-13(8)14(21)19-10(20-15)4-5-16-11-6-12(22-3)18-7-17-11/h6-7H,4-5H2,1-3H3,(H,16,17,18)(H,19,20,21). The number of nitrogens with one attached hydrogen (secondary N) is 2. The summed E-state index contributed by atoms with van der Waals surface area (Å²) < 4.78 is 5.05. The number of thiophene rings is 1. The SMILES string of the molecule is COc1cc(NCCc2nc3sc(C)c(C)c3c(=O)[nH]2)ncn1. The van der Waals surface area contributed by atoms with Gasteiger partial charge in [-0.05, 0) is 19.4 Å². The van der Waals surface area contributed by atoms with E-state index in [1.165, 1.54) is 6.33 Å². The van der Waals surface area contributed by atoms with Gasteiger partial charge >= 0.3 is 0 Å². The van der Waals surface area contributed by atoms with Crippen LogP contribution in [0.15, 0.2) is 17.2 Å². The number of hydrogen-bond acceptors (Lipinski definition) is 7. The summed E-state index contributed by atoms with van der Waals surface area (Å²) >= 11 is 1.55. The van der Waals surface area contributed by atoms with E-state index >= 15 is 0 Å². The van der Waals surface area contributed by atoms with E-state index in [-0.39, 0.29) is 5.56 Å². The van der Waals surface area contributed by atoms with Crippen molar-refractivity contribution in [3.05, 3.63) is 39.0 Å². The summed E-state index contributed by atoms with van der Waals surface area (Å²) in [6.07, 6.45) is 2.03. The second-order valence-corrected chi connectivity index (χ2v) is 6.30. The maximum atomic E-state index is 12.2. The molecule has 3 aromatic rings. The van der Waals surface area contributed by atoms with Gasteiger partial charge in [0.05, 0.1) is 12.5 Å². The second-order valence-electron chi connectivity index (χ2n) is 5.10. The minimum Gasteiger partial charge on any atom is -0.481 e. The molecule has 0 spiro atoms. The van der Waals surface area contributed by atoms with Gasteiger partial charge in [-0.1, -0.05) is 0 Å². The molecule has 3 heterocycles. The zero-order chi connectivity index (χ0) is 16.4. The number of aryl methyl sites for hydroxylation is 2. The highest BCUT2D eigenvalue weighted by atomic mass is 32.1. The molecule has 2 N–H and O–H groups in total. The van der Waals surface area contributed by atoms with Gasteiger partial charge in [-0.25, -0.2) is 15.0 Å². The lowest BCUT2D eigenvalue weighted by molar-refractivity contribution is 0.397. The predicted molar refractivity (Wildman–Crippen MR) is 90.5 cm³/mol. The van der Waals surface area contributed by atoms with Crippen molar-refractivity contribution in [2.24, 2.45) is 0 Å². The van der Waals surface area contributed by atoms with Crippen molar-refractivity contribution in [2.45, 2.75) is 20.3 Å². The third-order valence-electron chi connectivity index (χ3n) is 3.61. The van der Waals surface area contributed by atoms with Gasteiger partial charge in [0.2, 0.25) is 5.88 Å². The number of aromatic amines is 1. The number of fused-ring (bicyclic) bond motifs is 1. The summed E-state index contributed by atoms with van der Waals surface area (Å²) in [5.74, 6) is 1.83. The Morgan fingerprint density at radius 2 is 2.17 bits per heavy atom. The molecule has 3 rings (SSSR count). The molecule has 0 unspecified atom stereocenters. The first-order valence-corrected chi connectivity index (χ1v) is 7.99. The molecule has 0 amide bonds. The van der Waals surface area contributed by atoms with Crippen molar-refractivity contribution < 1.29 is 4.74 Å². The Hall–Kier alpha value is -2.48. The number of hydrogen-bond donors (Lipinski definition) is 2. The molecule has 7 nitrogen and oxygen atoms in total. The highest BCUT2D eigenvalue weighted by molar-refractivity contribution is 7.18. The summed E-state index contributed by atoms with van der Waals surface area (Å²) in [4.78, 5) is 29.6. The van der Waals surface area contributed by atoms with E-state index in [1.807, 2.05) is 13.8 Å². The maximum Gasteiger partial charge on any atom is 0.259 e. The third kappa shape index (κ3) is 3.16. The van der Waals surface area contributed by atoms with Crippen LogP contribution in [0.25, 0.3) is 10.2 Å². The lowest BCUT2D eigenvalue weighted by Gasteiger charge is -2.06. The molecular weight excluding hydrogens is 314 g/mol. The summed E-state index contributed by atoms with van der Waals surface area (Å²) in [5.41, 5.74) is 0.937. The average Bonchev–Trinajstić information content (AvgIpc) is 2.82. The molecule has 0 atom stereocenters. The van der Waals surface area contributed by atoms with E-state index in [4.69, 9.17) is 4.74 Å². The van der Waals surface area contributed by atoms with Crippen molar-refractivity contribution in [1.29, 1.82) is 0 Å². The second kappa shape index (κ2) is 6.33. The Morgan fingerprint density at radius 3 is 2.96 bits per heavy atom. The molecule has 0 saturated carbocycles. The molecule has 8 heteroatoms. The van der Waals surface area contributed by atoms with Crippen LogP contribution in [0.3, 0.4) is 0 Å². The van der Waals surface area contributed by atoms with Gasteiger partial charge in [0.15, 0.2) is 0 Å². The smallest absolute Gasteiger partial charge is 0.259 e. The van der Waals surface area contributed by atoms with Crippen LogP contribution in [-0.4, -0.2) is 33.6 Å². The number of anilines is 1. The predicted octanol–water partition coefficient (Wildman–Crippen LogP) is 2.05. The minimum absolute atomic E-state index is 0.0736. The third-order valence-corrected chi connectivity index (χ3v) is 4.71. The first-order chi connectivity index (χ1) is 11.1. The van der Waals surface area contributed by atoms with Crippen LogP contribution in [0.2, 0.25) is 0 Å². The topological polar surface area (TPSA) is 92.8 Å². The number of methoxy groups -OCH3 is 1. The highest BCUT2D eigenvalue weighted by Crippen LogP contribution is 2.25. The van der Waals surface area contributed by atoms with Crippen LogP contribution in [0.1, 0.15) is 16.3 Å². The number of aromatic nitrogens is 4. The summed E-state index contributed by atoms with van der Waals surface area (Å²) in [7, 11) is 1.56. The van der Waals surface area contributed by atoms with Crippen molar-refractivity contribution in [3.63, 3.8) is 0 Å².